The van der Waals surface area contributed by atoms with E-state index in [9.17, 15) is 9.18 Å². The monoisotopic (exact) mass is 327 g/mol. The fraction of sp³-hybridized carbons (Fsp3) is 0.350. The van der Waals surface area contributed by atoms with Crippen LogP contribution in [0, 0.1) is 12.7 Å². The van der Waals surface area contributed by atoms with Gasteiger partial charge in [0, 0.05) is 18.7 Å². The first-order chi connectivity index (χ1) is 11.6. The van der Waals surface area contributed by atoms with Crippen molar-refractivity contribution in [2.75, 3.05) is 13.1 Å². The van der Waals surface area contributed by atoms with Gasteiger partial charge in [0.25, 0.3) is 5.91 Å². The summed E-state index contributed by atoms with van der Waals surface area (Å²) in [5.74, 6) is -0.204. The second-order valence-electron chi connectivity index (χ2n) is 6.32. The number of carbonyl (C=O) groups excluding carboxylic acids is 1. The van der Waals surface area contributed by atoms with Gasteiger partial charge in [-0.05, 0) is 49.6 Å². The summed E-state index contributed by atoms with van der Waals surface area (Å²) in [6.07, 6.45) is 1.84. The second-order valence-corrected chi connectivity index (χ2v) is 6.32. The van der Waals surface area contributed by atoms with E-state index in [4.69, 9.17) is 4.74 Å². The highest BCUT2D eigenvalue weighted by Gasteiger charge is 2.25. The highest BCUT2D eigenvalue weighted by atomic mass is 19.1. The third-order valence-corrected chi connectivity index (χ3v) is 4.34. The summed E-state index contributed by atoms with van der Waals surface area (Å²) in [7, 11) is 0. The zero-order valence-corrected chi connectivity index (χ0v) is 13.9. The fourth-order valence-electron chi connectivity index (χ4n) is 2.98. The smallest absolute Gasteiger partial charge is 0.253 e. The summed E-state index contributed by atoms with van der Waals surface area (Å²) in [6.45, 7) is 3.72. The Kier molecular flexibility index (Phi) is 5.26. The molecule has 0 aliphatic carbocycles. The van der Waals surface area contributed by atoms with Gasteiger partial charge in [-0.25, -0.2) is 4.39 Å². The maximum absolute atomic E-state index is 13.2. The Morgan fingerprint density at radius 2 is 2.04 bits per heavy atom. The molecule has 1 heterocycles. The van der Waals surface area contributed by atoms with Crippen LogP contribution in [0.4, 0.5) is 4.39 Å². The molecular formula is C20H22FNO2. The van der Waals surface area contributed by atoms with Crippen LogP contribution in [0.3, 0.4) is 0 Å². The predicted molar refractivity (Wildman–Crippen MR) is 91.3 cm³/mol. The number of carbonyl (C=O) groups is 1. The number of rotatable bonds is 4. The van der Waals surface area contributed by atoms with Crippen molar-refractivity contribution < 1.29 is 13.9 Å². The summed E-state index contributed by atoms with van der Waals surface area (Å²) in [5.41, 5.74) is 2.67. The quantitative estimate of drug-likeness (QED) is 0.851. The van der Waals surface area contributed by atoms with E-state index >= 15 is 0 Å². The van der Waals surface area contributed by atoms with Gasteiger partial charge in [-0.2, -0.15) is 0 Å². The highest BCUT2D eigenvalue weighted by Crippen LogP contribution is 2.18. The van der Waals surface area contributed by atoms with Crippen LogP contribution in [-0.2, 0) is 11.3 Å². The second kappa shape index (κ2) is 7.58. The number of benzene rings is 2. The molecule has 0 N–H and O–H groups in total. The first-order valence-corrected chi connectivity index (χ1v) is 8.34. The van der Waals surface area contributed by atoms with Crippen molar-refractivity contribution in [3.8, 4) is 0 Å². The van der Waals surface area contributed by atoms with Gasteiger partial charge in [0.2, 0.25) is 0 Å². The van der Waals surface area contributed by atoms with E-state index in [1.54, 1.807) is 6.07 Å². The van der Waals surface area contributed by atoms with Crippen molar-refractivity contribution >= 4 is 5.91 Å². The first kappa shape index (κ1) is 16.7. The number of hydrogen-bond donors (Lipinski definition) is 0. The van der Waals surface area contributed by atoms with Crippen molar-refractivity contribution in [3.63, 3.8) is 0 Å². The van der Waals surface area contributed by atoms with Gasteiger partial charge in [-0.3, -0.25) is 4.79 Å². The maximum Gasteiger partial charge on any atom is 0.253 e. The average molecular weight is 327 g/mol. The van der Waals surface area contributed by atoms with Crippen LogP contribution in [0.25, 0.3) is 0 Å². The third kappa shape index (κ3) is 4.20. The normalized spacial score (nSPS) is 17.8. The molecule has 1 amide bonds. The van der Waals surface area contributed by atoms with E-state index in [2.05, 4.69) is 0 Å². The Labute approximate surface area is 142 Å². The highest BCUT2D eigenvalue weighted by molar-refractivity contribution is 5.94. The van der Waals surface area contributed by atoms with Gasteiger partial charge in [0.15, 0.2) is 0 Å². The molecule has 24 heavy (non-hydrogen) atoms. The Morgan fingerprint density at radius 3 is 2.79 bits per heavy atom. The lowest BCUT2D eigenvalue weighted by Gasteiger charge is -2.32. The molecular weight excluding hydrogens is 305 g/mol. The van der Waals surface area contributed by atoms with Gasteiger partial charge in [-0.1, -0.05) is 29.8 Å². The lowest BCUT2D eigenvalue weighted by atomic mass is 10.1. The molecule has 0 spiro atoms. The van der Waals surface area contributed by atoms with E-state index < -0.39 is 0 Å². The molecule has 1 fully saturated rings. The largest absolute Gasteiger partial charge is 0.372 e. The lowest BCUT2D eigenvalue weighted by Crippen LogP contribution is -2.43. The third-order valence-electron chi connectivity index (χ3n) is 4.34. The van der Waals surface area contributed by atoms with Crippen molar-refractivity contribution in [1.29, 1.82) is 0 Å². The van der Waals surface area contributed by atoms with Crippen molar-refractivity contribution in [2.24, 2.45) is 0 Å². The zero-order valence-electron chi connectivity index (χ0n) is 13.9. The SMILES string of the molecule is Cc1ccc(C(=O)N2CCCC(OCc3cccc(F)c3)C2)cc1. The van der Waals surface area contributed by atoms with Crippen LogP contribution in [0.1, 0.15) is 34.3 Å². The van der Waals surface area contributed by atoms with E-state index in [0.717, 1.165) is 30.5 Å². The van der Waals surface area contributed by atoms with Crippen LogP contribution < -0.4 is 0 Å². The summed E-state index contributed by atoms with van der Waals surface area (Å²) in [5, 5.41) is 0. The van der Waals surface area contributed by atoms with Crippen LogP contribution in [0.15, 0.2) is 48.5 Å². The first-order valence-electron chi connectivity index (χ1n) is 8.34. The Hall–Kier alpha value is -2.20. The van der Waals surface area contributed by atoms with Gasteiger partial charge in [0.05, 0.1) is 12.7 Å². The predicted octanol–water partition coefficient (Wildman–Crippen LogP) is 3.96. The Morgan fingerprint density at radius 1 is 1.25 bits per heavy atom. The Bertz CT molecular complexity index is 699. The van der Waals surface area contributed by atoms with Crippen molar-refractivity contribution in [3.05, 3.63) is 71.0 Å². The summed E-state index contributed by atoms with van der Waals surface area (Å²) >= 11 is 0. The molecule has 1 atom stereocenters. The number of hydrogen-bond acceptors (Lipinski definition) is 2. The van der Waals surface area contributed by atoms with Crippen LogP contribution in [-0.4, -0.2) is 30.0 Å². The molecule has 3 rings (SSSR count). The molecule has 0 saturated carbocycles. The minimum atomic E-state index is -0.254. The van der Waals surface area contributed by atoms with Gasteiger partial charge < -0.3 is 9.64 Å². The molecule has 1 aliphatic heterocycles. The maximum atomic E-state index is 13.2. The van der Waals surface area contributed by atoms with Crippen molar-refractivity contribution in [1.82, 2.24) is 4.90 Å². The fourth-order valence-corrected chi connectivity index (χ4v) is 2.98. The summed E-state index contributed by atoms with van der Waals surface area (Å²) in [4.78, 5) is 14.4. The van der Waals surface area contributed by atoms with Crippen LogP contribution in [0.5, 0.6) is 0 Å². The number of ether oxygens (including phenoxy) is 1. The molecule has 4 heteroatoms. The summed E-state index contributed by atoms with van der Waals surface area (Å²) < 4.78 is 19.1. The van der Waals surface area contributed by atoms with E-state index in [1.165, 1.54) is 12.1 Å². The number of amides is 1. The van der Waals surface area contributed by atoms with Crippen LogP contribution >= 0.6 is 0 Å². The number of nitrogens with zero attached hydrogens (tertiary/aromatic N) is 1. The standard InChI is InChI=1S/C20H22FNO2/c1-15-7-9-17(10-8-15)20(23)22-11-3-6-19(13-22)24-14-16-4-2-5-18(21)12-16/h2,4-5,7-10,12,19H,3,6,11,13-14H2,1H3. The molecule has 0 bridgehead atoms. The number of likely N-dealkylation sites (tertiary alicyclic amines) is 1. The minimum absolute atomic E-state index is 0.00332. The lowest BCUT2D eigenvalue weighted by molar-refractivity contribution is -0.00679. The molecule has 2 aromatic carbocycles. The average Bonchev–Trinajstić information content (AvgIpc) is 2.60. The van der Waals surface area contributed by atoms with Crippen molar-refractivity contribution in [2.45, 2.75) is 32.5 Å². The van der Waals surface area contributed by atoms with E-state index in [1.807, 2.05) is 42.2 Å². The molecule has 2 aromatic rings. The van der Waals surface area contributed by atoms with Gasteiger partial charge >= 0.3 is 0 Å². The van der Waals surface area contributed by atoms with E-state index in [0.29, 0.717) is 18.7 Å². The molecule has 0 aromatic heterocycles. The summed E-state index contributed by atoms with van der Waals surface area (Å²) in [6, 6.07) is 14.1. The Balaban J connectivity index is 1.57. The molecule has 1 aliphatic rings. The number of piperidine rings is 1. The van der Waals surface area contributed by atoms with E-state index in [-0.39, 0.29) is 17.8 Å². The number of halogens is 1. The van der Waals surface area contributed by atoms with Gasteiger partial charge in [-0.15, -0.1) is 0 Å². The molecule has 0 radical (unpaired) electrons. The molecule has 1 saturated heterocycles. The van der Waals surface area contributed by atoms with Gasteiger partial charge in [0.1, 0.15) is 5.82 Å². The molecule has 126 valence electrons. The molecule has 1 unspecified atom stereocenters. The zero-order chi connectivity index (χ0) is 16.9. The molecule has 3 nitrogen and oxygen atoms in total. The topological polar surface area (TPSA) is 29.5 Å². The number of aryl methyl sites for hydroxylation is 1. The van der Waals surface area contributed by atoms with Crippen LogP contribution in [0.2, 0.25) is 0 Å². The minimum Gasteiger partial charge on any atom is -0.372 e.